The van der Waals surface area contributed by atoms with Crippen LogP contribution in [0.25, 0.3) is 0 Å². The minimum absolute atomic E-state index is 0.0418. The van der Waals surface area contributed by atoms with Gasteiger partial charge in [0.25, 0.3) is 0 Å². The third kappa shape index (κ3) is 16.3. The van der Waals surface area contributed by atoms with Crippen LogP contribution in [0.5, 0.6) is 11.5 Å². The van der Waals surface area contributed by atoms with Crippen molar-refractivity contribution < 1.29 is 37.2 Å². The molecule has 24 rings (SSSR count). The lowest BCUT2D eigenvalue weighted by Crippen LogP contribution is -2.47. The summed E-state index contributed by atoms with van der Waals surface area (Å²) in [6.07, 6.45) is 0. The number of nitrogens with two attached hydrogens (primary N) is 6. The van der Waals surface area contributed by atoms with Gasteiger partial charge in [-0.1, -0.05) is 65.7 Å². The molecule has 131 heavy (non-hydrogen) atoms. The van der Waals surface area contributed by atoms with Crippen LogP contribution in [0, 0.1) is 78.7 Å². The SMILES string of the molecule is COc1cc2c(cc1N)N1CCN(C2)c2cc(N)c(CO)cc2C1.COc1ccc2c(c1)CN1CN2Cc2cc(CO)ccc21.Cc1cc(F)c2c(c1)CN1CN2Cc2cc(C)cc(F)c21.Cc1cc(F)c2c(c1N)CN1CCN2Cc2c(N)c(C)cc(F)c21.Cc1cc2c(cc1N)N1CCN(C2)c2cc(N)c(C)cc2C1.Cc1ccc2c(c1)CN1CN2Cc2cc(C)ccc21. The van der Waals surface area contributed by atoms with Crippen LogP contribution in [0.4, 0.5) is 120 Å². The molecule has 0 atom stereocenters. The Kier molecular flexibility index (Phi) is 22.9. The van der Waals surface area contributed by atoms with Crippen molar-refractivity contribution in [3.05, 3.63) is 303 Å². The lowest BCUT2D eigenvalue weighted by atomic mass is 9.98. The fourth-order valence-electron chi connectivity index (χ4n) is 21.4. The molecule has 0 aromatic heterocycles. The Morgan fingerprint density at radius 1 is 0.275 bits per heavy atom. The molecule has 26 heteroatoms. The number of methoxy groups -OCH3 is 2. The molecule has 0 saturated carbocycles. The van der Waals surface area contributed by atoms with Crippen LogP contribution in [0.2, 0.25) is 0 Å². The van der Waals surface area contributed by atoms with Crippen LogP contribution in [-0.2, 0) is 91.8 Å². The smallest absolute Gasteiger partial charge is 0.147 e. The van der Waals surface area contributed by atoms with Gasteiger partial charge in [-0.15, -0.1) is 0 Å². The second kappa shape index (κ2) is 34.6. The largest absolute Gasteiger partial charge is 0.497 e. The predicted molar refractivity (Wildman–Crippen MR) is 524 cm³/mol. The van der Waals surface area contributed by atoms with Gasteiger partial charge in [-0.2, -0.15) is 0 Å². The summed E-state index contributed by atoms with van der Waals surface area (Å²) in [7, 11) is 3.35. The number of nitrogen functional groups attached to an aromatic ring is 6. The first-order valence-electron chi connectivity index (χ1n) is 45.1. The zero-order valence-corrected chi connectivity index (χ0v) is 76.3. The molecular formula is C105H116F4N18O4. The van der Waals surface area contributed by atoms with Crippen molar-refractivity contribution in [2.75, 3.05) is 167 Å². The summed E-state index contributed by atoms with van der Waals surface area (Å²) in [6, 6.07) is 53.1. The third-order valence-corrected chi connectivity index (χ3v) is 28.0. The Morgan fingerprint density at radius 2 is 0.618 bits per heavy atom. The van der Waals surface area contributed by atoms with Crippen molar-refractivity contribution in [2.45, 2.75) is 147 Å². The highest BCUT2D eigenvalue weighted by Crippen LogP contribution is 2.49. The number of hydrogen-bond donors (Lipinski definition) is 8. The van der Waals surface area contributed by atoms with E-state index in [1.54, 1.807) is 40.2 Å². The van der Waals surface area contributed by atoms with Crippen LogP contribution in [0.1, 0.15) is 122 Å². The Balaban J connectivity index is 0.000000102. The topological polar surface area (TPSA) is 254 Å². The van der Waals surface area contributed by atoms with Crippen molar-refractivity contribution in [1.82, 2.24) is 0 Å². The lowest BCUT2D eigenvalue weighted by molar-refractivity contribution is 0.281. The molecule has 0 amide bonds. The fraction of sp³-hybridized carbons (Fsp3) is 0.314. The van der Waals surface area contributed by atoms with Gasteiger partial charge in [0, 0.05) is 208 Å². The summed E-state index contributed by atoms with van der Waals surface area (Å²) in [5.74, 6) is 0.698. The van der Waals surface area contributed by atoms with E-state index in [1.165, 1.54) is 102 Å². The van der Waals surface area contributed by atoms with Gasteiger partial charge in [-0.3, -0.25) is 0 Å². The molecule has 12 aliphatic heterocycles. The quantitative estimate of drug-likeness (QED) is 0.0602. The van der Waals surface area contributed by atoms with Crippen molar-refractivity contribution in [3.63, 3.8) is 0 Å². The van der Waals surface area contributed by atoms with Crippen LogP contribution in [-0.4, -0.2) is 83.7 Å². The molecule has 12 aliphatic rings. The summed E-state index contributed by atoms with van der Waals surface area (Å²) in [5.41, 5.74) is 77.7. The molecule has 12 aromatic rings. The monoisotopic (exact) mass is 1770 g/mol. The lowest BCUT2D eigenvalue weighted by Gasteiger charge is -2.45. The van der Waals surface area contributed by atoms with Gasteiger partial charge < -0.3 is 113 Å². The summed E-state index contributed by atoms with van der Waals surface area (Å²) in [4.78, 5) is 27.2. The number of aliphatic hydroxyl groups excluding tert-OH is 2. The summed E-state index contributed by atoms with van der Waals surface area (Å²) in [5, 5.41) is 18.8. The first-order chi connectivity index (χ1) is 63.0. The van der Waals surface area contributed by atoms with E-state index in [4.69, 9.17) is 43.9 Å². The average molecular weight is 1770 g/mol. The number of nitrogens with zero attached hydrogens (tertiary/aromatic N) is 12. The molecule has 0 unspecified atom stereocenters. The summed E-state index contributed by atoms with van der Waals surface area (Å²) < 4.78 is 68.8. The van der Waals surface area contributed by atoms with Crippen LogP contribution >= 0.6 is 0 Å². The Morgan fingerprint density at radius 3 is 1.05 bits per heavy atom. The van der Waals surface area contributed by atoms with Gasteiger partial charge in [-0.25, -0.2) is 17.6 Å². The fourth-order valence-corrected chi connectivity index (χ4v) is 21.4. The number of fused-ring (bicyclic) bond motifs is 39. The maximum absolute atomic E-state index is 14.7. The van der Waals surface area contributed by atoms with Crippen LogP contribution in [0.15, 0.2) is 158 Å². The second-order valence-electron chi connectivity index (χ2n) is 37.1. The van der Waals surface area contributed by atoms with Gasteiger partial charge in [0.1, 0.15) is 34.8 Å². The Hall–Kier alpha value is -13.7. The molecule has 0 radical (unpaired) electrons. The molecule has 12 bridgehead atoms. The number of benzene rings is 12. The Labute approximate surface area is 764 Å². The number of aryl methyl sites for hydroxylation is 8. The maximum Gasteiger partial charge on any atom is 0.147 e. The first kappa shape index (κ1) is 86.6. The summed E-state index contributed by atoms with van der Waals surface area (Å²) >= 11 is 0. The standard InChI is InChI=1S/C18H20F2N4.C18H22N4O2.C18H22N4.C17H16F2N2.C17H18N2O2.C17H18N2/c1-9-5-13(19)17-11(15(9)21)7-23-3-4-24(17)8-12-16(22)10(2)6-14(20)18(12)23;1-24-18-5-12-9-22-3-2-21(17(12)7-15(18)20)8-11-4-13(10-23)14(19)6-16(11)22;1-11-5-13-9-21-3-4-22(17(13)7-15(11)19)10-14-6-12(2)16(20)8-18(14)21;1-10-3-12-7-20-9-21(16(12)14(18)5-10)8-13-4-11(2)6-15(19)17(13)20;1-21-15-3-5-17-14(7-15)9-19-11-18(17)8-13-6-12(10-20)2-4-16(13)19;1-12-3-5-16-14(7-12)9-18-11-19(16)10-15-8-13(2)4-6-17(15)18/h5-6H,3-4,7-8,21-22H2,1-2H3;4-7,23H,2-3,8-10,19-20H2,1H3;5-8H,3-4,9-10,19-20H2,1-2H3;3-6H,7-9H2,1-2H3;2-7,20H,8-11H2,1H3;3-8H,9-11H2,1-2H3. The molecule has 0 fully saturated rings. The highest BCUT2D eigenvalue weighted by atomic mass is 19.1. The van der Waals surface area contributed by atoms with E-state index in [2.05, 4.69) is 152 Å². The molecule has 12 heterocycles. The first-order valence-corrected chi connectivity index (χ1v) is 45.1. The molecule has 14 N–H and O–H groups in total. The van der Waals surface area contributed by atoms with E-state index < -0.39 is 0 Å². The van der Waals surface area contributed by atoms with Crippen molar-refractivity contribution >= 4 is 102 Å². The van der Waals surface area contributed by atoms with Gasteiger partial charge in [0.2, 0.25) is 0 Å². The van der Waals surface area contributed by atoms with E-state index in [1.807, 2.05) is 82.0 Å². The number of aliphatic hydroxyl groups is 2. The Bertz CT molecular complexity index is 6180. The van der Waals surface area contributed by atoms with Gasteiger partial charge in [0.15, 0.2) is 0 Å². The van der Waals surface area contributed by atoms with Crippen molar-refractivity contribution in [1.29, 1.82) is 0 Å². The second-order valence-corrected chi connectivity index (χ2v) is 37.1. The number of anilines is 18. The number of hydrogen-bond acceptors (Lipinski definition) is 22. The highest BCUT2D eigenvalue weighted by Gasteiger charge is 2.39. The van der Waals surface area contributed by atoms with E-state index >= 15 is 0 Å². The predicted octanol–water partition coefficient (Wildman–Crippen LogP) is 17.6. The van der Waals surface area contributed by atoms with Gasteiger partial charge in [-0.05, 0) is 253 Å². The highest BCUT2D eigenvalue weighted by molar-refractivity contribution is 5.81. The molecule has 0 spiro atoms. The minimum atomic E-state index is -0.284. The molecule has 0 aliphatic carbocycles. The van der Waals surface area contributed by atoms with Crippen molar-refractivity contribution in [3.8, 4) is 11.5 Å². The molecule has 678 valence electrons. The van der Waals surface area contributed by atoms with E-state index in [9.17, 15) is 27.8 Å². The van der Waals surface area contributed by atoms with Crippen LogP contribution in [0.3, 0.4) is 0 Å². The normalized spacial score (nSPS) is 15.8. The minimum Gasteiger partial charge on any atom is -0.497 e. The van der Waals surface area contributed by atoms with Crippen molar-refractivity contribution in [2.24, 2.45) is 0 Å². The number of ether oxygens (including phenoxy) is 2. The van der Waals surface area contributed by atoms with Crippen LogP contribution < -0.4 is 103 Å². The molecular weight excluding hydrogens is 1650 g/mol. The zero-order chi connectivity index (χ0) is 91.5. The van der Waals surface area contributed by atoms with Gasteiger partial charge >= 0.3 is 0 Å². The number of halogens is 4. The third-order valence-electron chi connectivity index (χ3n) is 28.0. The van der Waals surface area contributed by atoms with E-state index in [-0.39, 0.29) is 36.5 Å². The average Bonchev–Trinajstić information content (AvgIpc) is 1.10. The van der Waals surface area contributed by atoms with Gasteiger partial charge in [0.05, 0.1) is 75.9 Å². The summed E-state index contributed by atoms with van der Waals surface area (Å²) in [6.45, 7) is 32.6. The maximum atomic E-state index is 14.7. The molecule has 0 saturated heterocycles. The van der Waals surface area contributed by atoms with E-state index in [0.29, 0.717) is 108 Å². The number of rotatable bonds is 4. The molecule has 12 aromatic carbocycles. The molecule has 22 nitrogen and oxygen atoms in total. The zero-order valence-electron chi connectivity index (χ0n) is 76.3. The van der Waals surface area contributed by atoms with E-state index in [0.717, 1.165) is 176 Å².